The summed E-state index contributed by atoms with van der Waals surface area (Å²) in [7, 11) is 0. The Balaban J connectivity index is 1.91. The second-order valence-electron chi connectivity index (χ2n) is 6.40. The number of allylic oxidation sites excluding steroid dienone is 6. The summed E-state index contributed by atoms with van der Waals surface area (Å²) in [6.07, 6.45) is 19.5. The number of hydrogen-bond donors (Lipinski definition) is 0. The number of rotatable bonds is 7. The maximum absolute atomic E-state index is 4.72. The first-order valence-corrected chi connectivity index (χ1v) is 9.15. The van der Waals surface area contributed by atoms with E-state index in [4.69, 9.17) is 5.10 Å². The minimum Gasteiger partial charge on any atom is -0.265 e. The van der Waals surface area contributed by atoms with Crippen molar-refractivity contribution in [3.8, 4) is 0 Å². The predicted octanol–water partition coefficient (Wildman–Crippen LogP) is 5.05. The number of nitrogens with zero attached hydrogens (tertiary/aromatic N) is 5. The monoisotopic (exact) mass is 359 g/mol. The predicted molar refractivity (Wildman–Crippen MR) is 112 cm³/mol. The number of hydrogen-bond acceptors (Lipinski definition) is 4. The van der Waals surface area contributed by atoms with Crippen molar-refractivity contribution < 1.29 is 0 Å². The summed E-state index contributed by atoms with van der Waals surface area (Å²) in [6, 6.07) is 6.07. The first-order chi connectivity index (χ1) is 13.2. The van der Waals surface area contributed by atoms with Crippen molar-refractivity contribution in [2.45, 2.75) is 32.7 Å². The van der Waals surface area contributed by atoms with Gasteiger partial charge in [0.2, 0.25) is 0 Å². The van der Waals surface area contributed by atoms with Crippen molar-refractivity contribution in [1.29, 1.82) is 0 Å². The molecule has 0 saturated carbocycles. The molecule has 1 atom stereocenters. The van der Waals surface area contributed by atoms with Gasteiger partial charge in [0.25, 0.3) is 0 Å². The molecule has 1 aliphatic rings. The molecule has 0 radical (unpaired) electrons. The molecule has 2 aromatic rings. The zero-order valence-electron chi connectivity index (χ0n) is 15.9. The molecule has 1 unspecified atom stereocenters. The standard InChI is InChI=1S/C22H25N5/c1-4-19(18(2)3)17-26(20-10-13-23-14-11-20)25-16-22-12-15-24-27(22)21-8-6-5-7-9-21/h5-8,10-17,21H,2,4,9H2,1,3H3/b19-17-,25-16+. The van der Waals surface area contributed by atoms with Gasteiger partial charge in [-0.25, -0.2) is 5.01 Å². The van der Waals surface area contributed by atoms with E-state index in [1.807, 2.05) is 53.4 Å². The lowest BCUT2D eigenvalue weighted by molar-refractivity contribution is 0.538. The second-order valence-corrected chi connectivity index (χ2v) is 6.40. The van der Waals surface area contributed by atoms with Gasteiger partial charge < -0.3 is 0 Å². The van der Waals surface area contributed by atoms with E-state index < -0.39 is 0 Å². The average molecular weight is 359 g/mol. The third kappa shape index (κ3) is 4.70. The lowest BCUT2D eigenvalue weighted by Gasteiger charge is -2.18. The van der Waals surface area contributed by atoms with Crippen LogP contribution in [-0.2, 0) is 0 Å². The summed E-state index contributed by atoms with van der Waals surface area (Å²) in [5, 5.41) is 11.1. The van der Waals surface area contributed by atoms with Crippen LogP contribution in [0.2, 0.25) is 0 Å². The fraction of sp³-hybridized carbons (Fsp3) is 0.227. The Morgan fingerprint density at radius 2 is 2.11 bits per heavy atom. The Bertz CT molecular complexity index is 886. The molecule has 3 rings (SSSR count). The van der Waals surface area contributed by atoms with Gasteiger partial charge in [-0.05, 0) is 43.5 Å². The number of pyridine rings is 1. The van der Waals surface area contributed by atoms with Crippen LogP contribution < -0.4 is 5.01 Å². The van der Waals surface area contributed by atoms with Gasteiger partial charge in [-0.3, -0.25) is 9.67 Å². The highest BCUT2D eigenvalue weighted by Gasteiger charge is 2.12. The molecule has 0 bridgehead atoms. The molecule has 2 heterocycles. The Hall–Kier alpha value is -3.21. The second kappa shape index (κ2) is 8.94. The fourth-order valence-electron chi connectivity index (χ4n) is 2.90. The van der Waals surface area contributed by atoms with Gasteiger partial charge in [0.1, 0.15) is 0 Å². The Kier molecular flexibility index (Phi) is 6.15. The van der Waals surface area contributed by atoms with Crippen molar-refractivity contribution in [2.75, 3.05) is 5.01 Å². The lowest BCUT2D eigenvalue weighted by Crippen LogP contribution is -2.14. The van der Waals surface area contributed by atoms with E-state index in [0.717, 1.165) is 35.4 Å². The van der Waals surface area contributed by atoms with Gasteiger partial charge >= 0.3 is 0 Å². The number of hydrazone groups is 1. The summed E-state index contributed by atoms with van der Waals surface area (Å²) >= 11 is 0. The lowest BCUT2D eigenvalue weighted by atomic mass is 10.1. The first kappa shape index (κ1) is 18.6. The molecular weight excluding hydrogens is 334 g/mol. The van der Waals surface area contributed by atoms with E-state index in [0.29, 0.717) is 0 Å². The Labute approximate surface area is 160 Å². The highest BCUT2D eigenvalue weighted by molar-refractivity contribution is 5.78. The van der Waals surface area contributed by atoms with E-state index in [2.05, 4.69) is 47.9 Å². The molecular formula is C22H25N5. The molecule has 0 aromatic carbocycles. The summed E-state index contributed by atoms with van der Waals surface area (Å²) < 4.78 is 2.00. The zero-order valence-corrected chi connectivity index (χ0v) is 15.9. The van der Waals surface area contributed by atoms with Gasteiger partial charge in [-0.1, -0.05) is 43.4 Å². The average Bonchev–Trinajstić information content (AvgIpc) is 3.18. The van der Waals surface area contributed by atoms with Crippen LogP contribution in [0.1, 0.15) is 38.4 Å². The van der Waals surface area contributed by atoms with Crippen LogP contribution in [0.25, 0.3) is 0 Å². The molecule has 0 amide bonds. The number of aromatic nitrogens is 3. The summed E-state index contributed by atoms with van der Waals surface area (Å²) in [6.45, 7) is 8.20. The smallest absolute Gasteiger partial charge is 0.0818 e. The van der Waals surface area contributed by atoms with Crippen LogP contribution in [0, 0.1) is 0 Å². The molecule has 5 nitrogen and oxygen atoms in total. The molecule has 138 valence electrons. The Morgan fingerprint density at radius 1 is 1.30 bits per heavy atom. The van der Waals surface area contributed by atoms with E-state index in [1.165, 1.54) is 0 Å². The van der Waals surface area contributed by atoms with E-state index in [1.54, 1.807) is 12.4 Å². The third-order valence-corrected chi connectivity index (χ3v) is 4.42. The van der Waals surface area contributed by atoms with E-state index in [-0.39, 0.29) is 6.04 Å². The largest absolute Gasteiger partial charge is 0.265 e. The van der Waals surface area contributed by atoms with E-state index >= 15 is 0 Å². The van der Waals surface area contributed by atoms with Gasteiger partial charge in [0.15, 0.2) is 0 Å². The minimum absolute atomic E-state index is 0.220. The molecule has 0 spiro atoms. The van der Waals surface area contributed by atoms with Crippen LogP contribution in [-0.4, -0.2) is 21.0 Å². The normalized spacial score (nSPS) is 16.8. The maximum Gasteiger partial charge on any atom is 0.0818 e. The number of anilines is 1. The zero-order chi connectivity index (χ0) is 19.1. The minimum atomic E-state index is 0.220. The SMILES string of the molecule is C=C(C)/C(=C\N(/N=C/c1ccnn1C1C=CC=CC1)c1ccncc1)CC. The molecule has 0 saturated heterocycles. The van der Waals surface area contributed by atoms with Crippen LogP contribution >= 0.6 is 0 Å². The topological polar surface area (TPSA) is 46.3 Å². The van der Waals surface area contributed by atoms with Gasteiger partial charge in [-0.15, -0.1) is 0 Å². The van der Waals surface area contributed by atoms with Gasteiger partial charge in [0.05, 0.1) is 23.6 Å². The molecule has 5 heteroatoms. The van der Waals surface area contributed by atoms with Gasteiger partial charge in [-0.2, -0.15) is 10.2 Å². The van der Waals surface area contributed by atoms with Gasteiger partial charge in [0, 0.05) is 24.8 Å². The fourth-order valence-corrected chi connectivity index (χ4v) is 2.90. The highest BCUT2D eigenvalue weighted by Crippen LogP contribution is 2.21. The quantitative estimate of drug-likeness (QED) is 0.395. The molecule has 2 aromatic heterocycles. The molecule has 0 fully saturated rings. The van der Waals surface area contributed by atoms with Crippen LogP contribution in [0.5, 0.6) is 0 Å². The molecule has 1 aliphatic carbocycles. The molecule has 0 N–H and O–H groups in total. The van der Waals surface area contributed by atoms with Crippen molar-refractivity contribution >= 4 is 11.9 Å². The maximum atomic E-state index is 4.72. The summed E-state index contributed by atoms with van der Waals surface area (Å²) in [5.74, 6) is 0. The summed E-state index contributed by atoms with van der Waals surface area (Å²) in [4.78, 5) is 4.10. The van der Waals surface area contributed by atoms with Crippen molar-refractivity contribution in [3.05, 3.63) is 90.7 Å². The Morgan fingerprint density at radius 3 is 2.78 bits per heavy atom. The highest BCUT2D eigenvalue weighted by atomic mass is 15.4. The van der Waals surface area contributed by atoms with Crippen LogP contribution in [0.3, 0.4) is 0 Å². The van der Waals surface area contributed by atoms with Crippen molar-refractivity contribution in [3.63, 3.8) is 0 Å². The molecule has 0 aliphatic heterocycles. The van der Waals surface area contributed by atoms with Crippen LogP contribution in [0.15, 0.2) is 90.1 Å². The third-order valence-electron chi connectivity index (χ3n) is 4.42. The van der Waals surface area contributed by atoms with Crippen molar-refractivity contribution in [1.82, 2.24) is 14.8 Å². The van der Waals surface area contributed by atoms with Crippen LogP contribution in [0.4, 0.5) is 5.69 Å². The summed E-state index contributed by atoms with van der Waals surface area (Å²) in [5.41, 5.74) is 4.09. The first-order valence-electron chi connectivity index (χ1n) is 9.15. The van der Waals surface area contributed by atoms with E-state index in [9.17, 15) is 0 Å². The van der Waals surface area contributed by atoms with Crippen molar-refractivity contribution in [2.24, 2.45) is 5.10 Å². The molecule has 27 heavy (non-hydrogen) atoms.